The highest BCUT2D eigenvalue weighted by Crippen LogP contribution is 2.35. The Hall–Kier alpha value is -2.59. The smallest absolute Gasteiger partial charge is 0.457 e. The van der Waals surface area contributed by atoms with Crippen LogP contribution in [0.5, 0.6) is 11.5 Å². The van der Waals surface area contributed by atoms with Gasteiger partial charge >= 0.3 is 12.1 Å². The standard InChI is InChI=1S/C22H25ClF3N3O3S/c1-6-29(5)13-27-19-10-15(4)20(12-18(19)23)32-16-8-7-9-17(11-16)33(31,14(2)3)28-21(30)22(24,25)26/h7-14H,6H2,1-5H3/b27-13+. The van der Waals surface area contributed by atoms with Crippen molar-refractivity contribution in [3.63, 3.8) is 0 Å². The SMILES string of the molecule is CCN(C)/C=N/c1cc(C)c(Oc2cccc(S(=O)(=NC(=O)C(F)(F)F)C(C)C)c2)cc1Cl. The van der Waals surface area contributed by atoms with Gasteiger partial charge in [-0.15, -0.1) is 4.36 Å². The number of carbonyl (C=O) groups is 1. The quantitative estimate of drug-likeness (QED) is 0.325. The van der Waals surface area contributed by atoms with Gasteiger partial charge in [-0.3, -0.25) is 4.79 Å². The van der Waals surface area contributed by atoms with E-state index >= 15 is 0 Å². The number of aryl methyl sites for hydroxylation is 1. The lowest BCUT2D eigenvalue weighted by atomic mass is 10.2. The molecule has 6 nitrogen and oxygen atoms in total. The van der Waals surface area contributed by atoms with E-state index in [4.69, 9.17) is 16.3 Å². The molecule has 2 rings (SSSR count). The molecule has 33 heavy (non-hydrogen) atoms. The third-order valence-corrected chi connectivity index (χ3v) is 7.56. The third kappa shape index (κ3) is 6.70. The molecule has 0 bridgehead atoms. The van der Waals surface area contributed by atoms with Gasteiger partial charge in [0.1, 0.15) is 11.5 Å². The minimum absolute atomic E-state index is 0.0415. The summed E-state index contributed by atoms with van der Waals surface area (Å²) in [6.45, 7) is 7.41. The topological polar surface area (TPSA) is 71.3 Å². The number of alkyl halides is 3. The largest absolute Gasteiger partial charge is 0.474 e. The Labute approximate surface area is 196 Å². The fourth-order valence-electron chi connectivity index (χ4n) is 2.55. The van der Waals surface area contributed by atoms with Crippen LogP contribution < -0.4 is 4.74 Å². The maximum absolute atomic E-state index is 13.3. The summed E-state index contributed by atoms with van der Waals surface area (Å²) in [7, 11) is -1.83. The summed E-state index contributed by atoms with van der Waals surface area (Å²) in [4.78, 5) is 17.6. The second-order valence-corrected chi connectivity index (χ2v) is 10.6. The molecule has 0 aliphatic carbocycles. The first-order valence-electron chi connectivity index (χ1n) is 9.97. The number of rotatable bonds is 7. The molecule has 11 heteroatoms. The Morgan fingerprint density at radius 2 is 1.94 bits per heavy atom. The van der Waals surface area contributed by atoms with E-state index in [1.807, 2.05) is 18.9 Å². The lowest BCUT2D eigenvalue weighted by molar-refractivity contribution is -0.169. The van der Waals surface area contributed by atoms with Gasteiger partial charge in [-0.1, -0.05) is 17.7 Å². The van der Waals surface area contributed by atoms with Crippen LogP contribution in [-0.2, 0) is 14.5 Å². The van der Waals surface area contributed by atoms with Crippen molar-refractivity contribution in [3.05, 3.63) is 47.0 Å². The average molecular weight is 504 g/mol. The molecule has 0 heterocycles. The number of aliphatic imine (C=N–C) groups is 1. The van der Waals surface area contributed by atoms with E-state index in [-0.39, 0.29) is 10.6 Å². The Kier molecular flexibility index (Phi) is 8.53. The van der Waals surface area contributed by atoms with Crippen molar-refractivity contribution in [2.45, 2.75) is 44.0 Å². The van der Waals surface area contributed by atoms with E-state index in [1.165, 1.54) is 32.0 Å². The van der Waals surface area contributed by atoms with Gasteiger partial charge in [0.15, 0.2) is 0 Å². The molecule has 0 fully saturated rings. The van der Waals surface area contributed by atoms with Gasteiger partial charge in [-0.05, 0) is 57.5 Å². The Balaban J connectivity index is 2.43. The van der Waals surface area contributed by atoms with Gasteiger partial charge in [-0.2, -0.15) is 13.2 Å². The Bertz CT molecular complexity index is 1170. The molecule has 180 valence electrons. The Morgan fingerprint density at radius 1 is 1.27 bits per heavy atom. The molecule has 1 amide bonds. The molecular formula is C22H25ClF3N3O3S. The number of hydrogen-bond acceptors (Lipinski definition) is 4. The van der Waals surface area contributed by atoms with Gasteiger partial charge in [0.2, 0.25) is 0 Å². The molecule has 1 unspecified atom stereocenters. The van der Waals surface area contributed by atoms with E-state index in [0.717, 1.165) is 6.54 Å². The number of halogens is 4. The summed E-state index contributed by atoms with van der Waals surface area (Å²) >= 11 is 6.32. The van der Waals surface area contributed by atoms with E-state index in [2.05, 4.69) is 9.36 Å². The molecule has 0 saturated carbocycles. The van der Waals surface area contributed by atoms with Gasteiger partial charge in [0.25, 0.3) is 0 Å². The lowest BCUT2D eigenvalue weighted by Crippen LogP contribution is -2.24. The van der Waals surface area contributed by atoms with Crippen LogP contribution in [0.4, 0.5) is 18.9 Å². The van der Waals surface area contributed by atoms with Crippen molar-refractivity contribution < 1.29 is 26.9 Å². The first-order valence-corrected chi connectivity index (χ1v) is 11.9. The van der Waals surface area contributed by atoms with Gasteiger partial charge in [-0.25, -0.2) is 9.20 Å². The number of ether oxygens (including phenoxy) is 1. The summed E-state index contributed by atoms with van der Waals surface area (Å²) in [6.07, 6.45) is -3.56. The van der Waals surface area contributed by atoms with Crippen molar-refractivity contribution in [2.75, 3.05) is 13.6 Å². The molecule has 1 atom stereocenters. The zero-order valence-corrected chi connectivity index (χ0v) is 20.4. The predicted octanol–water partition coefficient (Wildman–Crippen LogP) is 6.38. The summed E-state index contributed by atoms with van der Waals surface area (Å²) in [5, 5.41) is -0.516. The highest BCUT2D eigenvalue weighted by molar-refractivity contribution is 7.94. The van der Waals surface area contributed by atoms with Crippen LogP contribution in [0.1, 0.15) is 26.3 Å². The van der Waals surface area contributed by atoms with E-state index in [9.17, 15) is 22.2 Å². The molecular weight excluding hydrogens is 479 g/mol. The van der Waals surface area contributed by atoms with E-state index < -0.39 is 27.1 Å². The van der Waals surface area contributed by atoms with Crippen LogP contribution in [0, 0.1) is 6.92 Å². The number of carbonyl (C=O) groups excluding carboxylic acids is 1. The normalized spacial score (nSPS) is 13.8. The zero-order valence-electron chi connectivity index (χ0n) is 18.8. The predicted molar refractivity (Wildman–Crippen MR) is 124 cm³/mol. The van der Waals surface area contributed by atoms with Gasteiger partial charge in [0.05, 0.1) is 31.7 Å². The molecule has 2 aromatic rings. The fourth-order valence-corrected chi connectivity index (χ4v) is 4.52. The zero-order chi connectivity index (χ0) is 25.0. The summed E-state index contributed by atoms with van der Waals surface area (Å²) in [6, 6.07) is 8.98. The van der Waals surface area contributed by atoms with E-state index in [0.29, 0.717) is 22.0 Å². The molecule has 0 aliphatic rings. The first-order chi connectivity index (χ1) is 15.3. The van der Waals surface area contributed by atoms with Crippen LogP contribution in [0.25, 0.3) is 0 Å². The third-order valence-electron chi connectivity index (χ3n) is 4.61. The highest BCUT2D eigenvalue weighted by atomic mass is 35.5. The number of hydrogen-bond donors (Lipinski definition) is 0. The average Bonchev–Trinajstić information content (AvgIpc) is 2.74. The van der Waals surface area contributed by atoms with Crippen molar-refractivity contribution in [1.82, 2.24) is 4.90 Å². The Morgan fingerprint density at radius 3 is 2.52 bits per heavy atom. The highest BCUT2D eigenvalue weighted by Gasteiger charge is 2.40. The molecule has 0 aliphatic heterocycles. The van der Waals surface area contributed by atoms with E-state index in [1.54, 1.807) is 31.5 Å². The number of amides is 1. The van der Waals surface area contributed by atoms with Crippen molar-refractivity contribution in [2.24, 2.45) is 9.36 Å². The lowest BCUT2D eigenvalue weighted by Gasteiger charge is -2.16. The molecule has 0 saturated heterocycles. The molecule has 0 spiro atoms. The van der Waals surface area contributed by atoms with Gasteiger partial charge in [0, 0.05) is 24.9 Å². The summed E-state index contributed by atoms with van der Waals surface area (Å²) < 4.78 is 60.4. The fraction of sp³-hybridized carbons (Fsp3) is 0.364. The second kappa shape index (κ2) is 10.6. The number of nitrogens with zero attached hydrogens (tertiary/aromatic N) is 3. The van der Waals surface area contributed by atoms with Crippen LogP contribution in [0.3, 0.4) is 0 Å². The first kappa shape index (κ1) is 26.7. The molecule has 0 radical (unpaired) electrons. The monoisotopic (exact) mass is 503 g/mol. The van der Waals surface area contributed by atoms with Crippen LogP contribution >= 0.6 is 11.6 Å². The number of benzene rings is 2. The van der Waals surface area contributed by atoms with Gasteiger partial charge < -0.3 is 9.64 Å². The minimum Gasteiger partial charge on any atom is -0.457 e. The van der Waals surface area contributed by atoms with Crippen LogP contribution in [0.15, 0.2) is 50.6 Å². The minimum atomic E-state index is -5.21. The maximum Gasteiger partial charge on any atom is 0.474 e. The van der Waals surface area contributed by atoms with Crippen molar-refractivity contribution in [1.29, 1.82) is 0 Å². The molecule has 0 aromatic heterocycles. The second-order valence-electron chi connectivity index (χ2n) is 7.48. The summed E-state index contributed by atoms with van der Waals surface area (Å²) in [5.41, 5.74) is 1.25. The van der Waals surface area contributed by atoms with Crippen LogP contribution in [0.2, 0.25) is 5.02 Å². The van der Waals surface area contributed by atoms with Crippen molar-refractivity contribution >= 4 is 39.3 Å². The maximum atomic E-state index is 13.3. The molecule has 2 aromatic carbocycles. The van der Waals surface area contributed by atoms with Crippen molar-refractivity contribution in [3.8, 4) is 11.5 Å². The van der Waals surface area contributed by atoms with Crippen LogP contribution in [-0.4, -0.2) is 46.4 Å². The summed E-state index contributed by atoms with van der Waals surface area (Å²) in [5.74, 6) is -1.80. The molecule has 0 N–H and O–H groups in total.